The number of rotatable bonds is 17. The summed E-state index contributed by atoms with van der Waals surface area (Å²) in [6, 6.07) is 12.9. The molecule has 2 aromatic rings. The van der Waals surface area contributed by atoms with Gasteiger partial charge in [-0.3, -0.25) is 9.69 Å². The van der Waals surface area contributed by atoms with E-state index in [9.17, 15) is 18.0 Å². The molecule has 3 nitrogen and oxygen atoms in total. The molecular formula is C30H43F3N2O. The van der Waals surface area contributed by atoms with E-state index in [1.165, 1.54) is 63.5 Å². The molecule has 0 aliphatic rings. The number of alkyl halides is 3. The molecular weight excluding hydrogens is 461 g/mol. The molecule has 0 aliphatic carbocycles. The van der Waals surface area contributed by atoms with Crippen molar-refractivity contribution < 1.29 is 18.0 Å². The molecule has 2 rings (SSSR count). The standard InChI is InChI=1S/C30H43F3N2O/c1-3-5-6-7-8-9-10-11-12-13-22-34-29(36)27-18-14-25(15-19-27)23-35(4-2)24-26-16-20-28(21-17-26)30(31,32)33/h14-21H,3-13,22-24H2,1-2H3,(H,34,36). The summed E-state index contributed by atoms with van der Waals surface area (Å²) in [5.74, 6) is -0.0467. The quantitative estimate of drug-likeness (QED) is 0.219. The highest BCUT2D eigenvalue weighted by Crippen LogP contribution is 2.29. The van der Waals surface area contributed by atoms with Gasteiger partial charge in [-0.2, -0.15) is 13.2 Å². The van der Waals surface area contributed by atoms with E-state index in [2.05, 4.69) is 17.1 Å². The number of carbonyl (C=O) groups is 1. The molecule has 0 atom stereocenters. The first-order chi connectivity index (χ1) is 17.3. The summed E-state index contributed by atoms with van der Waals surface area (Å²) in [5.41, 5.74) is 1.93. The molecule has 0 saturated heterocycles. The average Bonchev–Trinajstić information content (AvgIpc) is 2.87. The van der Waals surface area contributed by atoms with Gasteiger partial charge < -0.3 is 5.32 Å². The highest BCUT2D eigenvalue weighted by molar-refractivity contribution is 5.94. The number of unbranched alkanes of at least 4 members (excludes halogenated alkanes) is 9. The van der Waals surface area contributed by atoms with E-state index < -0.39 is 11.7 Å². The lowest BCUT2D eigenvalue weighted by Gasteiger charge is -2.21. The average molecular weight is 505 g/mol. The van der Waals surface area contributed by atoms with E-state index in [4.69, 9.17) is 0 Å². The van der Waals surface area contributed by atoms with Crippen LogP contribution in [0.3, 0.4) is 0 Å². The second kappa shape index (κ2) is 16.4. The summed E-state index contributed by atoms with van der Waals surface area (Å²) < 4.78 is 38.3. The van der Waals surface area contributed by atoms with Crippen molar-refractivity contribution in [1.29, 1.82) is 0 Å². The summed E-state index contributed by atoms with van der Waals surface area (Å²) in [7, 11) is 0. The van der Waals surface area contributed by atoms with E-state index in [-0.39, 0.29) is 5.91 Å². The zero-order valence-corrected chi connectivity index (χ0v) is 22.0. The maximum absolute atomic E-state index is 12.8. The molecule has 0 unspecified atom stereocenters. The summed E-state index contributed by atoms with van der Waals surface area (Å²) >= 11 is 0. The molecule has 6 heteroatoms. The Morgan fingerprint density at radius 2 is 1.19 bits per heavy atom. The van der Waals surface area contributed by atoms with Crippen LogP contribution in [0.5, 0.6) is 0 Å². The van der Waals surface area contributed by atoms with Gasteiger partial charge in [-0.15, -0.1) is 0 Å². The third kappa shape index (κ3) is 11.6. The Labute approximate surface area is 215 Å². The minimum atomic E-state index is -4.32. The van der Waals surface area contributed by atoms with Crippen molar-refractivity contribution in [3.63, 3.8) is 0 Å². The zero-order valence-electron chi connectivity index (χ0n) is 22.0. The van der Waals surface area contributed by atoms with Crippen LogP contribution < -0.4 is 5.32 Å². The van der Waals surface area contributed by atoms with Gasteiger partial charge in [-0.1, -0.05) is 95.9 Å². The molecule has 2 aromatic carbocycles. The van der Waals surface area contributed by atoms with Crippen molar-refractivity contribution in [2.45, 2.75) is 97.3 Å². The first-order valence-corrected chi connectivity index (χ1v) is 13.6. The van der Waals surface area contributed by atoms with Gasteiger partial charge in [-0.05, 0) is 48.4 Å². The van der Waals surface area contributed by atoms with E-state index >= 15 is 0 Å². The van der Waals surface area contributed by atoms with Crippen molar-refractivity contribution in [3.8, 4) is 0 Å². The van der Waals surface area contributed by atoms with Crippen molar-refractivity contribution in [2.24, 2.45) is 0 Å². The highest BCUT2D eigenvalue weighted by atomic mass is 19.4. The van der Waals surface area contributed by atoms with Crippen LogP contribution in [-0.2, 0) is 19.3 Å². The first-order valence-electron chi connectivity index (χ1n) is 13.6. The molecule has 0 spiro atoms. The summed E-state index contributed by atoms with van der Waals surface area (Å²) in [6.07, 6.45) is 8.40. The van der Waals surface area contributed by atoms with Crippen molar-refractivity contribution in [1.82, 2.24) is 10.2 Å². The lowest BCUT2D eigenvalue weighted by Crippen LogP contribution is -2.25. The first kappa shape index (κ1) is 29.9. The van der Waals surface area contributed by atoms with Gasteiger partial charge >= 0.3 is 6.18 Å². The van der Waals surface area contributed by atoms with E-state index in [1.807, 2.05) is 31.2 Å². The maximum Gasteiger partial charge on any atom is 0.416 e. The van der Waals surface area contributed by atoms with Crippen LogP contribution in [0.4, 0.5) is 13.2 Å². The Hall–Kier alpha value is -2.34. The van der Waals surface area contributed by atoms with Gasteiger partial charge in [0, 0.05) is 25.2 Å². The number of nitrogens with one attached hydrogen (secondary N) is 1. The molecule has 200 valence electrons. The van der Waals surface area contributed by atoms with Crippen LogP contribution in [0.2, 0.25) is 0 Å². The van der Waals surface area contributed by atoms with Gasteiger partial charge in [0.1, 0.15) is 0 Å². The van der Waals surface area contributed by atoms with Gasteiger partial charge in [0.05, 0.1) is 5.56 Å². The second-order valence-electron chi connectivity index (χ2n) is 9.63. The molecule has 0 bridgehead atoms. The van der Waals surface area contributed by atoms with E-state index in [0.29, 0.717) is 25.2 Å². The fourth-order valence-electron chi connectivity index (χ4n) is 4.27. The van der Waals surface area contributed by atoms with Gasteiger partial charge in [0.2, 0.25) is 0 Å². The Morgan fingerprint density at radius 3 is 1.67 bits per heavy atom. The highest BCUT2D eigenvalue weighted by Gasteiger charge is 2.29. The largest absolute Gasteiger partial charge is 0.416 e. The molecule has 1 N–H and O–H groups in total. The van der Waals surface area contributed by atoms with Crippen molar-refractivity contribution >= 4 is 5.91 Å². The predicted octanol–water partition coefficient (Wildman–Crippen LogP) is 8.38. The molecule has 0 aliphatic heterocycles. The monoisotopic (exact) mass is 504 g/mol. The minimum absolute atomic E-state index is 0.0467. The Bertz CT molecular complexity index is 863. The van der Waals surface area contributed by atoms with Crippen molar-refractivity contribution in [2.75, 3.05) is 13.1 Å². The molecule has 0 saturated carbocycles. The van der Waals surface area contributed by atoms with Crippen LogP contribution in [0, 0.1) is 0 Å². The SMILES string of the molecule is CCCCCCCCCCCCNC(=O)c1ccc(CN(CC)Cc2ccc(C(F)(F)F)cc2)cc1. The molecule has 0 fully saturated rings. The zero-order chi connectivity index (χ0) is 26.2. The summed E-state index contributed by atoms with van der Waals surface area (Å²) in [5, 5.41) is 3.01. The summed E-state index contributed by atoms with van der Waals surface area (Å²) in [6.45, 7) is 6.97. The van der Waals surface area contributed by atoms with Crippen LogP contribution in [0.25, 0.3) is 0 Å². The normalized spacial score (nSPS) is 11.7. The third-order valence-electron chi connectivity index (χ3n) is 6.57. The summed E-state index contributed by atoms with van der Waals surface area (Å²) in [4.78, 5) is 14.6. The topological polar surface area (TPSA) is 32.3 Å². The number of nitrogens with zero attached hydrogens (tertiary/aromatic N) is 1. The van der Waals surface area contributed by atoms with E-state index in [1.54, 1.807) is 0 Å². The molecule has 0 radical (unpaired) electrons. The number of halogens is 3. The molecule has 1 amide bonds. The minimum Gasteiger partial charge on any atom is -0.352 e. The lowest BCUT2D eigenvalue weighted by molar-refractivity contribution is -0.137. The van der Waals surface area contributed by atoms with Crippen LogP contribution in [0.15, 0.2) is 48.5 Å². The maximum atomic E-state index is 12.8. The van der Waals surface area contributed by atoms with Crippen molar-refractivity contribution in [3.05, 3.63) is 70.8 Å². The van der Waals surface area contributed by atoms with Crippen LogP contribution in [-0.4, -0.2) is 23.9 Å². The van der Waals surface area contributed by atoms with Gasteiger partial charge in [0.15, 0.2) is 0 Å². The number of hydrogen-bond acceptors (Lipinski definition) is 2. The number of hydrogen-bond donors (Lipinski definition) is 1. The number of benzene rings is 2. The molecule has 36 heavy (non-hydrogen) atoms. The van der Waals surface area contributed by atoms with Gasteiger partial charge in [-0.25, -0.2) is 0 Å². The van der Waals surface area contributed by atoms with Gasteiger partial charge in [0.25, 0.3) is 5.91 Å². The predicted molar refractivity (Wildman–Crippen MR) is 142 cm³/mol. The fourth-order valence-corrected chi connectivity index (χ4v) is 4.27. The third-order valence-corrected chi connectivity index (χ3v) is 6.57. The van der Waals surface area contributed by atoms with Crippen LogP contribution >= 0.6 is 0 Å². The number of carbonyl (C=O) groups excluding carboxylic acids is 1. The van der Waals surface area contributed by atoms with E-state index in [0.717, 1.165) is 42.6 Å². The molecule has 0 aromatic heterocycles. The Morgan fingerprint density at radius 1 is 0.722 bits per heavy atom. The number of amides is 1. The second-order valence-corrected chi connectivity index (χ2v) is 9.63. The fraction of sp³-hybridized carbons (Fsp3) is 0.567. The molecule has 0 heterocycles. The Balaban J connectivity index is 1.67. The smallest absolute Gasteiger partial charge is 0.352 e. The Kier molecular flexibility index (Phi) is 13.6. The lowest BCUT2D eigenvalue weighted by atomic mass is 10.1. The van der Waals surface area contributed by atoms with Crippen LogP contribution in [0.1, 0.15) is 105 Å².